The van der Waals surface area contributed by atoms with Crippen molar-refractivity contribution in [2.24, 2.45) is 11.0 Å². The minimum Gasteiger partial charge on any atom is -0.273 e. The first-order valence-corrected chi connectivity index (χ1v) is 5.46. The number of nitrogens with one attached hydrogen (secondary N) is 1. The molecule has 0 unspecified atom stereocenters. The second-order valence-electron chi connectivity index (χ2n) is 4.31. The highest BCUT2D eigenvalue weighted by molar-refractivity contribution is 5.82. The summed E-state index contributed by atoms with van der Waals surface area (Å²) in [5, 5.41) is 3.91. The molecule has 1 aromatic rings. The van der Waals surface area contributed by atoms with Gasteiger partial charge in [0, 0.05) is 6.42 Å². The Labute approximate surface area is 96.6 Å². The third kappa shape index (κ3) is 4.73. The molecule has 1 N–H and O–H groups in total. The quantitative estimate of drug-likeness (QED) is 0.612. The van der Waals surface area contributed by atoms with Crippen LogP contribution in [0.25, 0.3) is 0 Å². The third-order valence-corrected chi connectivity index (χ3v) is 2.04. The maximum atomic E-state index is 11.3. The molecule has 16 heavy (non-hydrogen) atoms. The number of benzene rings is 1. The number of carbonyl (C=O) groups is 1. The molecule has 0 aromatic heterocycles. The van der Waals surface area contributed by atoms with E-state index < -0.39 is 0 Å². The van der Waals surface area contributed by atoms with Crippen molar-refractivity contribution in [2.45, 2.75) is 27.2 Å². The molecule has 86 valence electrons. The first kappa shape index (κ1) is 12.4. The van der Waals surface area contributed by atoms with E-state index in [4.69, 9.17) is 0 Å². The molecule has 1 rings (SSSR count). The summed E-state index contributed by atoms with van der Waals surface area (Å²) in [4.78, 5) is 11.3. The molecular weight excluding hydrogens is 200 g/mol. The van der Waals surface area contributed by atoms with Crippen molar-refractivity contribution >= 4 is 12.1 Å². The number of hydrogen-bond donors (Lipinski definition) is 1. The number of aryl methyl sites for hydroxylation is 1. The van der Waals surface area contributed by atoms with Crippen LogP contribution in [0.2, 0.25) is 0 Å². The Bertz CT molecular complexity index is 383. The number of hydrazone groups is 1. The summed E-state index contributed by atoms with van der Waals surface area (Å²) in [6.45, 7) is 6.03. The van der Waals surface area contributed by atoms with E-state index in [1.165, 1.54) is 5.56 Å². The van der Waals surface area contributed by atoms with Gasteiger partial charge in [-0.25, -0.2) is 5.43 Å². The van der Waals surface area contributed by atoms with Gasteiger partial charge < -0.3 is 0 Å². The average molecular weight is 218 g/mol. The van der Waals surface area contributed by atoms with Crippen molar-refractivity contribution in [3.8, 4) is 0 Å². The number of hydrogen-bond acceptors (Lipinski definition) is 2. The van der Waals surface area contributed by atoms with Gasteiger partial charge in [0.2, 0.25) is 5.91 Å². The number of carbonyl (C=O) groups excluding carboxylic acids is 1. The molecule has 0 atom stereocenters. The van der Waals surface area contributed by atoms with E-state index in [1.54, 1.807) is 6.21 Å². The van der Waals surface area contributed by atoms with Gasteiger partial charge in [0.25, 0.3) is 0 Å². The lowest BCUT2D eigenvalue weighted by Crippen LogP contribution is -2.19. The number of rotatable bonds is 4. The Balaban J connectivity index is 2.46. The predicted octanol–water partition coefficient (Wildman–Crippen LogP) is 2.49. The molecule has 0 aliphatic carbocycles. The Morgan fingerprint density at radius 1 is 1.50 bits per heavy atom. The second kappa shape index (κ2) is 6.05. The molecule has 0 fully saturated rings. The van der Waals surface area contributed by atoms with Gasteiger partial charge in [-0.2, -0.15) is 5.10 Å². The van der Waals surface area contributed by atoms with Gasteiger partial charge in [-0.3, -0.25) is 4.79 Å². The Morgan fingerprint density at radius 3 is 2.88 bits per heavy atom. The van der Waals surface area contributed by atoms with E-state index in [0.29, 0.717) is 12.3 Å². The molecule has 0 saturated heterocycles. The summed E-state index contributed by atoms with van der Waals surface area (Å²) >= 11 is 0. The van der Waals surface area contributed by atoms with Crippen LogP contribution in [0.4, 0.5) is 0 Å². The topological polar surface area (TPSA) is 41.5 Å². The predicted molar refractivity (Wildman–Crippen MR) is 66.4 cm³/mol. The monoisotopic (exact) mass is 218 g/mol. The van der Waals surface area contributed by atoms with Crippen molar-refractivity contribution in [3.05, 3.63) is 35.4 Å². The van der Waals surface area contributed by atoms with E-state index in [0.717, 1.165) is 5.56 Å². The van der Waals surface area contributed by atoms with Crippen LogP contribution in [0.15, 0.2) is 29.4 Å². The normalized spacial score (nSPS) is 11.0. The van der Waals surface area contributed by atoms with Crippen LogP contribution in [-0.4, -0.2) is 12.1 Å². The fourth-order valence-electron chi connectivity index (χ4n) is 1.35. The van der Waals surface area contributed by atoms with Crippen LogP contribution < -0.4 is 5.43 Å². The smallest absolute Gasteiger partial charge is 0.240 e. The molecule has 1 amide bonds. The van der Waals surface area contributed by atoms with Crippen LogP contribution in [0.3, 0.4) is 0 Å². The minimum atomic E-state index is -0.0427. The van der Waals surface area contributed by atoms with Gasteiger partial charge >= 0.3 is 0 Å². The van der Waals surface area contributed by atoms with Crippen LogP contribution in [-0.2, 0) is 4.79 Å². The largest absolute Gasteiger partial charge is 0.273 e. The van der Waals surface area contributed by atoms with Crippen molar-refractivity contribution < 1.29 is 4.79 Å². The highest BCUT2D eigenvalue weighted by Crippen LogP contribution is 2.01. The lowest BCUT2D eigenvalue weighted by Gasteiger charge is -2.02. The average Bonchev–Trinajstić information content (AvgIpc) is 2.16. The molecule has 0 saturated carbocycles. The molecule has 3 nitrogen and oxygen atoms in total. The minimum absolute atomic E-state index is 0.0427. The Hall–Kier alpha value is -1.64. The Kier molecular flexibility index (Phi) is 4.70. The highest BCUT2D eigenvalue weighted by atomic mass is 16.2. The molecule has 3 heteroatoms. The summed E-state index contributed by atoms with van der Waals surface area (Å²) in [5.74, 6) is 0.313. The number of nitrogens with zero attached hydrogens (tertiary/aromatic N) is 1. The Morgan fingerprint density at radius 2 is 2.25 bits per heavy atom. The molecule has 0 aliphatic heterocycles. The maximum absolute atomic E-state index is 11.3. The first-order valence-electron chi connectivity index (χ1n) is 5.46. The van der Waals surface area contributed by atoms with E-state index >= 15 is 0 Å². The summed E-state index contributed by atoms with van der Waals surface area (Å²) in [7, 11) is 0. The zero-order valence-electron chi connectivity index (χ0n) is 10.0. The van der Waals surface area contributed by atoms with Crippen molar-refractivity contribution in [3.63, 3.8) is 0 Å². The third-order valence-electron chi connectivity index (χ3n) is 2.04. The van der Waals surface area contributed by atoms with E-state index in [9.17, 15) is 4.79 Å². The lowest BCUT2D eigenvalue weighted by atomic mass is 10.1. The zero-order chi connectivity index (χ0) is 12.0. The van der Waals surface area contributed by atoms with Gasteiger partial charge in [-0.15, -0.1) is 0 Å². The zero-order valence-corrected chi connectivity index (χ0v) is 10.0. The highest BCUT2D eigenvalue weighted by Gasteiger charge is 2.01. The van der Waals surface area contributed by atoms with Gasteiger partial charge in [0.05, 0.1) is 6.21 Å². The van der Waals surface area contributed by atoms with Gasteiger partial charge in [0.15, 0.2) is 0 Å². The van der Waals surface area contributed by atoms with Crippen LogP contribution in [0.1, 0.15) is 31.4 Å². The molecule has 0 spiro atoms. The molecule has 0 bridgehead atoms. The van der Waals surface area contributed by atoms with Crippen molar-refractivity contribution in [1.29, 1.82) is 0 Å². The van der Waals surface area contributed by atoms with Crippen molar-refractivity contribution in [1.82, 2.24) is 5.43 Å². The van der Waals surface area contributed by atoms with E-state index in [-0.39, 0.29) is 5.91 Å². The summed E-state index contributed by atoms with van der Waals surface area (Å²) in [6.07, 6.45) is 2.16. The summed E-state index contributed by atoms with van der Waals surface area (Å²) < 4.78 is 0. The first-order chi connectivity index (χ1) is 7.58. The van der Waals surface area contributed by atoms with Gasteiger partial charge in [0.1, 0.15) is 0 Å². The van der Waals surface area contributed by atoms with Crippen LogP contribution in [0, 0.1) is 12.8 Å². The molecular formula is C13H18N2O. The van der Waals surface area contributed by atoms with Crippen LogP contribution >= 0.6 is 0 Å². The SMILES string of the molecule is Cc1cccc(/C=N/NC(=O)CC(C)C)c1. The summed E-state index contributed by atoms with van der Waals surface area (Å²) in [6, 6.07) is 7.95. The standard InChI is InChI=1S/C13H18N2O/c1-10(2)7-13(16)15-14-9-12-6-4-5-11(3)8-12/h4-6,8-10H,7H2,1-3H3,(H,15,16)/b14-9+. The second-order valence-corrected chi connectivity index (χ2v) is 4.31. The van der Waals surface area contributed by atoms with Crippen LogP contribution in [0.5, 0.6) is 0 Å². The fraction of sp³-hybridized carbons (Fsp3) is 0.385. The van der Waals surface area contributed by atoms with Gasteiger partial charge in [-0.1, -0.05) is 43.7 Å². The molecule has 0 aliphatic rings. The number of amides is 1. The molecule has 0 heterocycles. The maximum Gasteiger partial charge on any atom is 0.240 e. The lowest BCUT2D eigenvalue weighted by molar-refractivity contribution is -0.121. The van der Waals surface area contributed by atoms with E-state index in [2.05, 4.69) is 10.5 Å². The van der Waals surface area contributed by atoms with Crippen molar-refractivity contribution in [2.75, 3.05) is 0 Å². The van der Waals surface area contributed by atoms with Gasteiger partial charge in [-0.05, 0) is 18.4 Å². The van der Waals surface area contributed by atoms with E-state index in [1.807, 2.05) is 45.0 Å². The summed E-state index contributed by atoms with van der Waals surface area (Å²) in [5.41, 5.74) is 4.68. The molecule has 1 aromatic carbocycles. The fourth-order valence-corrected chi connectivity index (χ4v) is 1.35. The molecule has 0 radical (unpaired) electrons.